The van der Waals surface area contributed by atoms with E-state index in [0.717, 1.165) is 25.7 Å². The number of carbonyl (C=O) groups excluding carboxylic acids is 1. The number of nitrogens with one attached hydrogen (secondary N) is 2. The van der Waals surface area contributed by atoms with Crippen LogP contribution in [-0.2, 0) is 14.8 Å². The van der Waals surface area contributed by atoms with Crippen LogP contribution in [-0.4, -0.2) is 21.4 Å². The quantitative estimate of drug-likeness (QED) is 0.892. The molecule has 2 rings (SSSR count). The lowest BCUT2D eigenvalue weighted by Gasteiger charge is -2.13. The van der Waals surface area contributed by atoms with E-state index in [-0.39, 0.29) is 16.7 Å². The number of benzene rings is 1. The van der Waals surface area contributed by atoms with Gasteiger partial charge in [0.05, 0.1) is 4.90 Å². The highest BCUT2D eigenvalue weighted by atomic mass is 32.2. The Morgan fingerprint density at radius 3 is 2.50 bits per heavy atom. The van der Waals surface area contributed by atoms with Crippen molar-refractivity contribution in [2.24, 2.45) is 5.92 Å². The molecule has 0 spiro atoms. The summed E-state index contributed by atoms with van der Waals surface area (Å²) in [6.45, 7) is 1.73. The summed E-state index contributed by atoms with van der Waals surface area (Å²) in [4.78, 5) is 12.3. The Morgan fingerprint density at radius 2 is 1.90 bits per heavy atom. The average molecular weight is 296 g/mol. The molecule has 5 nitrogen and oxygen atoms in total. The molecule has 0 aromatic heterocycles. The molecule has 0 unspecified atom stereocenters. The SMILES string of the molecule is CNS(=O)(=O)c1cc(NC(=O)C2CCCC2)ccc1C. The normalized spacial score (nSPS) is 16.3. The smallest absolute Gasteiger partial charge is 0.240 e. The molecule has 110 valence electrons. The Labute approximate surface area is 119 Å². The van der Waals surface area contributed by atoms with Crippen LogP contribution in [0.25, 0.3) is 0 Å². The number of aryl methyl sites for hydroxylation is 1. The first-order valence-electron chi connectivity index (χ1n) is 6.79. The maximum absolute atomic E-state index is 12.1. The van der Waals surface area contributed by atoms with Crippen LogP contribution in [0.5, 0.6) is 0 Å². The lowest BCUT2D eigenvalue weighted by Crippen LogP contribution is -2.22. The third-order valence-corrected chi connectivity index (χ3v) is 5.30. The molecular formula is C14H20N2O3S. The molecule has 0 aliphatic heterocycles. The fourth-order valence-corrected chi connectivity index (χ4v) is 3.50. The van der Waals surface area contributed by atoms with E-state index in [0.29, 0.717) is 11.3 Å². The van der Waals surface area contributed by atoms with Crippen molar-refractivity contribution < 1.29 is 13.2 Å². The van der Waals surface area contributed by atoms with Gasteiger partial charge in [-0.25, -0.2) is 13.1 Å². The summed E-state index contributed by atoms with van der Waals surface area (Å²) in [7, 11) is -2.13. The Bertz CT molecular complexity index is 605. The first-order valence-corrected chi connectivity index (χ1v) is 8.27. The van der Waals surface area contributed by atoms with Crippen molar-refractivity contribution in [2.45, 2.75) is 37.5 Å². The van der Waals surface area contributed by atoms with Gasteiger partial charge in [0.15, 0.2) is 0 Å². The van der Waals surface area contributed by atoms with Crippen molar-refractivity contribution in [3.8, 4) is 0 Å². The predicted octanol–water partition coefficient (Wildman–Crippen LogP) is 2.03. The van der Waals surface area contributed by atoms with Gasteiger partial charge in [-0.05, 0) is 44.5 Å². The van der Waals surface area contributed by atoms with Gasteiger partial charge in [-0.15, -0.1) is 0 Å². The molecule has 0 heterocycles. The fourth-order valence-electron chi connectivity index (χ4n) is 2.51. The first-order chi connectivity index (χ1) is 9.44. The van der Waals surface area contributed by atoms with E-state index in [1.807, 2.05) is 0 Å². The summed E-state index contributed by atoms with van der Waals surface area (Å²) in [6, 6.07) is 4.94. The van der Waals surface area contributed by atoms with Crippen LogP contribution in [0, 0.1) is 12.8 Å². The fraction of sp³-hybridized carbons (Fsp3) is 0.500. The molecule has 0 radical (unpaired) electrons. The molecule has 1 aromatic rings. The summed E-state index contributed by atoms with van der Waals surface area (Å²) in [5.41, 5.74) is 1.18. The molecule has 1 aliphatic carbocycles. The number of hydrogen-bond donors (Lipinski definition) is 2. The maximum atomic E-state index is 12.1. The summed E-state index contributed by atoms with van der Waals surface area (Å²) in [6.07, 6.45) is 4.01. The van der Waals surface area contributed by atoms with Crippen molar-refractivity contribution in [3.63, 3.8) is 0 Å². The minimum absolute atomic E-state index is 0.0147. The molecule has 0 atom stereocenters. The van der Waals surface area contributed by atoms with E-state index in [2.05, 4.69) is 10.0 Å². The molecule has 1 amide bonds. The van der Waals surface area contributed by atoms with E-state index in [4.69, 9.17) is 0 Å². The van der Waals surface area contributed by atoms with Crippen LogP contribution in [0.4, 0.5) is 5.69 Å². The summed E-state index contributed by atoms with van der Waals surface area (Å²) < 4.78 is 26.1. The number of hydrogen-bond acceptors (Lipinski definition) is 3. The van der Waals surface area contributed by atoms with Crippen molar-refractivity contribution in [2.75, 3.05) is 12.4 Å². The van der Waals surface area contributed by atoms with Crippen molar-refractivity contribution in [1.82, 2.24) is 4.72 Å². The van der Waals surface area contributed by atoms with Crippen LogP contribution in [0.1, 0.15) is 31.2 Å². The van der Waals surface area contributed by atoms with Gasteiger partial charge in [-0.1, -0.05) is 18.9 Å². The van der Waals surface area contributed by atoms with Gasteiger partial charge in [0, 0.05) is 11.6 Å². The molecule has 1 fully saturated rings. The second kappa shape index (κ2) is 5.93. The highest BCUT2D eigenvalue weighted by Gasteiger charge is 2.23. The third-order valence-electron chi connectivity index (χ3n) is 3.74. The predicted molar refractivity (Wildman–Crippen MR) is 78.0 cm³/mol. The largest absolute Gasteiger partial charge is 0.326 e. The molecule has 0 bridgehead atoms. The van der Waals surface area contributed by atoms with E-state index in [1.54, 1.807) is 19.1 Å². The molecule has 2 N–H and O–H groups in total. The molecule has 6 heteroatoms. The summed E-state index contributed by atoms with van der Waals surface area (Å²) in [5.74, 6) is 0.0415. The van der Waals surface area contributed by atoms with Gasteiger partial charge in [0.1, 0.15) is 0 Å². The van der Waals surface area contributed by atoms with Crippen LogP contribution < -0.4 is 10.0 Å². The topological polar surface area (TPSA) is 75.3 Å². The highest BCUT2D eigenvalue weighted by Crippen LogP contribution is 2.27. The lowest BCUT2D eigenvalue weighted by atomic mass is 10.1. The van der Waals surface area contributed by atoms with Crippen LogP contribution in [0.15, 0.2) is 23.1 Å². The number of anilines is 1. The first kappa shape index (κ1) is 15.0. The lowest BCUT2D eigenvalue weighted by molar-refractivity contribution is -0.119. The van der Waals surface area contributed by atoms with E-state index in [1.165, 1.54) is 13.1 Å². The maximum Gasteiger partial charge on any atom is 0.240 e. The molecular weight excluding hydrogens is 276 g/mol. The standard InChI is InChI=1S/C14H20N2O3S/c1-10-7-8-12(9-13(10)20(18,19)15-2)16-14(17)11-5-3-4-6-11/h7-9,11,15H,3-6H2,1-2H3,(H,16,17). The number of carbonyl (C=O) groups is 1. The number of sulfonamides is 1. The van der Waals surface area contributed by atoms with Crippen molar-refractivity contribution in [1.29, 1.82) is 0 Å². The zero-order valence-electron chi connectivity index (χ0n) is 11.8. The van der Waals surface area contributed by atoms with Gasteiger partial charge in [0.25, 0.3) is 0 Å². The van der Waals surface area contributed by atoms with Crippen LogP contribution in [0.2, 0.25) is 0 Å². The molecule has 0 saturated heterocycles. The summed E-state index contributed by atoms with van der Waals surface area (Å²) in [5, 5.41) is 2.82. The van der Waals surface area contributed by atoms with Crippen molar-refractivity contribution in [3.05, 3.63) is 23.8 Å². The van der Waals surface area contributed by atoms with Crippen LogP contribution >= 0.6 is 0 Å². The van der Waals surface area contributed by atoms with Gasteiger partial charge >= 0.3 is 0 Å². The van der Waals surface area contributed by atoms with E-state index < -0.39 is 10.0 Å². The van der Waals surface area contributed by atoms with Gasteiger partial charge in [0.2, 0.25) is 15.9 Å². The summed E-state index contributed by atoms with van der Waals surface area (Å²) >= 11 is 0. The molecule has 20 heavy (non-hydrogen) atoms. The van der Waals surface area contributed by atoms with E-state index >= 15 is 0 Å². The Balaban J connectivity index is 2.21. The zero-order chi connectivity index (χ0) is 14.8. The van der Waals surface area contributed by atoms with Crippen LogP contribution in [0.3, 0.4) is 0 Å². The third kappa shape index (κ3) is 3.19. The Hall–Kier alpha value is -1.40. The minimum atomic E-state index is -3.51. The Morgan fingerprint density at radius 1 is 1.25 bits per heavy atom. The monoisotopic (exact) mass is 296 g/mol. The molecule has 1 saturated carbocycles. The Kier molecular flexibility index (Phi) is 4.45. The number of amides is 1. The molecule has 1 aliphatic rings. The van der Waals surface area contributed by atoms with Crippen molar-refractivity contribution >= 4 is 21.6 Å². The van der Waals surface area contributed by atoms with Gasteiger partial charge in [-0.2, -0.15) is 0 Å². The second-order valence-corrected chi connectivity index (χ2v) is 7.01. The van der Waals surface area contributed by atoms with Gasteiger partial charge in [-0.3, -0.25) is 4.79 Å². The zero-order valence-corrected chi connectivity index (χ0v) is 12.6. The number of rotatable bonds is 4. The minimum Gasteiger partial charge on any atom is -0.326 e. The van der Waals surface area contributed by atoms with Gasteiger partial charge < -0.3 is 5.32 Å². The van der Waals surface area contributed by atoms with E-state index in [9.17, 15) is 13.2 Å². The average Bonchev–Trinajstić information content (AvgIpc) is 2.95. The molecule has 1 aromatic carbocycles. The second-order valence-electron chi connectivity index (χ2n) is 5.16. The highest BCUT2D eigenvalue weighted by molar-refractivity contribution is 7.89.